The molecular formula is C13H21N3O. The number of aromatic nitrogens is 1. The standard InChI is InChI=1S/C13H21N3O/c1-3-17-12-4-6-16(7-5-12)13-10(2)8-11(14)9-15-13/h8-9,12H,3-7,14H2,1-2H3. The first-order chi connectivity index (χ1) is 8.20. The molecule has 0 atom stereocenters. The Balaban J connectivity index is 2.00. The lowest BCUT2D eigenvalue weighted by Gasteiger charge is -2.33. The van der Waals surface area contributed by atoms with E-state index in [9.17, 15) is 0 Å². The van der Waals surface area contributed by atoms with Crippen molar-refractivity contribution in [2.75, 3.05) is 30.3 Å². The average molecular weight is 235 g/mol. The molecule has 0 radical (unpaired) electrons. The molecule has 1 aromatic heterocycles. The average Bonchev–Trinajstić information content (AvgIpc) is 2.31. The number of hydrogen-bond donors (Lipinski definition) is 1. The van der Waals surface area contributed by atoms with Crippen LogP contribution < -0.4 is 10.6 Å². The molecule has 94 valence electrons. The highest BCUT2D eigenvalue weighted by Gasteiger charge is 2.21. The van der Waals surface area contributed by atoms with Gasteiger partial charge < -0.3 is 15.4 Å². The summed E-state index contributed by atoms with van der Waals surface area (Å²) >= 11 is 0. The van der Waals surface area contributed by atoms with Crippen molar-refractivity contribution in [3.05, 3.63) is 17.8 Å². The molecule has 1 aromatic rings. The van der Waals surface area contributed by atoms with Gasteiger partial charge in [-0.15, -0.1) is 0 Å². The summed E-state index contributed by atoms with van der Waals surface area (Å²) in [5.41, 5.74) is 7.60. The molecule has 1 saturated heterocycles. The molecule has 4 heteroatoms. The number of rotatable bonds is 3. The van der Waals surface area contributed by atoms with Crippen LogP contribution in [0.15, 0.2) is 12.3 Å². The van der Waals surface area contributed by atoms with Crippen molar-refractivity contribution in [1.82, 2.24) is 4.98 Å². The maximum atomic E-state index is 5.72. The number of nitrogens with two attached hydrogens (primary N) is 1. The first-order valence-electron chi connectivity index (χ1n) is 6.29. The maximum Gasteiger partial charge on any atom is 0.131 e. The SMILES string of the molecule is CCOC1CCN(c2ncc(N)cc2C)CC1. The monoisotopic (exact) mass is 235 g/mol. The number of piperidine rings is 1. The normalized spacial score (nSPS) is 17.4. The lowest BCUT2D eigenvalue weighted by Crippen LogP contribution is -2.37. The second-order valence-corrected chi connectivity index (χ2v) is 4.55. The molecular weight excluding hydrogens is 214 g/mol. The third-order valence-corrected chi connectivity index (χ3v) is 3.22. The van der Waals surface area contributed by atoms with Crippen molar-refractivity contribution in [1.29, 1.82) is 0 Å². The van der Waals surface area contributed by atoms with Gasteiger partial charge in [0.15, 0.2) is 0 Å². The lowest BCUT2D eigenvalue weighted by atomic mass is 10.1. The van der Waals surface area contributed by atoms with Gasteiger partial charge >= 0.3 is 0 Å². The fourth-order valence-corrected chi connectivity index (χ4v) is 2.39. The Labute approximate surface area is 103 Å². The summed E-state index contributed by atoms with van der Waals surface area (Å²) in [6.07, 6.45) is 4.32. The Morgan fingerprint density at radius 2 is 2.18 bits per heavy atom. The van der Waals surface area contributed by atoms with Gasteiger partial charge in [-0.05, 0) is 38.3 Å². The van der Waals surface area contributed by atoms with Crippen LogP contribution in [0.5, 0.6) is 0 Å². The predicted molar refractivity (Wildman–Crippen MR) is 70.2 cm³/mol. The van der Waals surface area contributed by atoms with E-state index in [0.29, 0.717) is 6.10 Å². The van der Waals surface area contributed by atoms with Crippen LogP contribution in [0.2, 0.25) is 0 Å². The van der Waals surface area contributed by atoms with Gasteiger partial charge in [0.25, 0.3) is 0 Å². The van der Waals surface area contributed by atoms with Crippen LogP contribution >= 0.6 is 0 Å². The van der Waals surface area contributed by atoms with Crippen molar-refractivity contribution < 1.29 is 4.74 Å². The van der Waals surface area contributed by atoms with Gasteiger partial charge in [0.1, 0.15) is 5.82 Å². The molecule has 2 heterocycles. The maximum absolute atomic E-state index is 5.72. The molecule has 0 amide bonds. The largest absolute Gasteiger partial charge is 0.397 e. The zero-order chi connectivity index (χ0) is 12.3. The van der Waals surface area contributed by atoms with Gasteiger partial charge in [0.2, 0.25) is 0 Å². The van der Waals surface area contributed by atoms with E-state index >= 15 is 0 Å². The zero-order valence-corrected chi connectivity index (χ0v) is 10.6. The second-order valence-electron chi connectivity index (χ2n) is 4.55. The van der Waals surface area contributed by atoms with Crippen molar-refractivity contribution in [3.63, 3.8) is 0 Å². The van der Waals surface area contributed by atoms with E-state index in [1.807, 2.05) is 6.07 Å². The third kappa shape index (κ3) is 2.88. The van der Waals surface area contributed by atoms with E-state index in [4.69, 9.17) is 10.5 Å². The van der Waals surface area contributed by atoms with Crippen molar-refractivity contribution >= 4 is 11.5 Å². The van der Waals surface area contributed by atoms with Crippen molar-refractivity contribution in [2.24, 2.45) is 0 Å². The highest BCUT2D eigenvalue weighted by atomic mass is 16.5. The fourth-order valence-electron chi connectivity index (χ4n) is 2.39. The topological polar surface area (TPSA) is 51.4 Å². The minimum atomic E-state index is 0.422. The smallest absolute Gasteiger partial charge is 0.131 e. The first kappa shape index (κ1) is 12.2. The summed E-state index contributed by atoms with van der Waals surface area (Å²) in [6.45, 7) is 6.96. The van der Waals surface area contributed by atoms with Gasteiger partial charge in [-0.2, -0.15) is 0 Å². The molecule has 17 heavy (non-hydrogen) atoms. The van der Waals surface area contributed by atoms with Crippen LogP contribution in [0, 0.1) is 6.92 Å². The van der Waals surface area contributed by atoms with Crippen molar-refractivity contribution in [3.8, 4) is 0 Å². The van der Waals surface area contributed by atoms with Crippen LogP contribution in [-0.4, -0.2) is 30.8 Å². The molecule has 0 saturated carbocycles. The number of aryl methyl sites for hydroxylation is 1. The number of anilines is 2. The molecule has 1 aliphatic rings. The minimum Gasteiger partial charge on any atom is -0.397 e. The molecule has 0 bridgehead atoms. The van der Waals surface area contributed by atoms with Crippen LogP contribution in [0.3, 0.4) is 0 Å². The van der Waals surface area contributed by atoms with Gasteiger partial charge in [-0.3, -0.25) is 0 Å². The number of nitrogen functional groups attached to an aromatic ring is 1. The molecule has 2 rings (SSSR count). The highest BCUT2D eigenvalue weighted by Crippen LogP contribution is 2.23. The zero-order valence-electron chi connectivity index (χ0n) is 10.6. The van der Waals surface area contributed by atoms with E-state index in [1.54, 1.807) is 6.20 Å². The van der Waals surface area contributed by atoms with Gasteiger partial charge in [0.05, 0.1) is 18.0 Å². The molecule has 0 spiro atoms. The highest BCUT2D eigenvalue weighted by molar-refractivity contribution is 5.52. The summed E-state index contributed by atoms with van der Waals surface area (Å²) in [4.78, 5) is 6.76. The molecule has 1 aliphatic heterocycles. The quantitative estimate of drug-likeness (QED) is 0.870. The molecule has 2 N–H and O–H groups in total. The predicted octanol–water partition coefficient (Wildman–Crippen LogP) is 1.98. The van der Waals surface area contributed by atoms with E-state index < -0.39 is 0 Å². The van der Waals surface area contributed by atoms with Crippen LogP contribution in [0.4, 0.5) is 11.5 Å². The van der Waals surface area contributed by atoms with E-state index in [1.165, 1.54) is 0 Å². The van der Waals surface area contributed by atoms with Crippen molar-refractivity contribution in [2.45, 2.75) is 32.8 Å². The molecule has 1 fully saturated rings. The number of pyridine rings is 1. The third-order valence-electron chi connectivity index (χ3n) is 3.22. The Hall–Kier alpha value is -1.29. The van der Waals surface area contributed by atoms with E-state index in [2.05, 4.69) is 23.7 Å². The minimum absolute atomic E-state index is 0.422. The first-order valence-corrected chi connectivity index (χ1v) is 6.29. The van der Waals surface area contributed by atoms with Crippen LogP contribution in [-0.2, 0) is 4.74 Å². The Morgan fingerprint density at radius 1 is 1.47 bits per heavy atom. The Bertz CT molecular complexity index is 373. The van der Waals surface area contributed by atoms with Gasteiger partial charge in [-0.25, -0.2) is 4.98 Å². The molecule has 0 aliphatic carbocycles. The van der Waals surface area contributed by atoms with E-state index in [0.717, 1.165) is 49.6 Å². The number of nitrogens with zero attached hydrogens (tertiary/aromatic N) is 2. The number of hydrogen-bond acceptors (Lipinski definition) is 4. The van der Waals surface area contributed by atoms with Crippen LogP contribution in [0.25, 0.3) is 0 Å². The van der Waals surface area contributed by atoms with Gasteiger partial charge in [-0.1, -0.05) is 0 Å². The Kier molecular flexibility index (Phi) is 3.84. The van der Waals surface area contributed by atoms with E-state index in [-0.39, 0.29) is 0 Å². The van der Waals surface area contributed by atoms with Crippen LogP contribution in [0.1, 0.15) is 25.3 Å². The summed E-state index contributed by atoms with van der Waals surface area (Å²) in [6, 6.07) is 1.98. The molecule has 0 unspecified atom stereocenters. The fraction of sp³-hybridized carbons (Fsp3) is 0.615. The van der Waals surface area contributed by atoms with Gasteiger partial charge in [0, 0.05) is 19.7 Å². The Morgan fingerprint density at radius 3 is 2.76 bits per heavy atom. The summed E-state index contributed by atoms with van der Waals surface area (Å²) in [5.74, 6) is 1.06. The number of ether oxygens (including phenoxy) is 1. The second kappa shape index (κ2) is 5.36. The lowest BCUT2D eigenvalue weighted by molar-refractivity contribution is 0.0458. The summed E-state index contributed by atoms with van der Waals surface area (Å²) in [7, 11) is 0. The molecule has 0 aromatic carbocycles. The molecule has 4 nitrogen and oxygen atoms in total. The summed E-state index contributed by atoms with van der Waals surface area (Å²) in [5, 5.41) is 0. The summed E-state index contributed by atoms with van der Waals surface area (Å²) < 4.78 is 5.65.